The number of nitrogens with zero attached hydrogens (tertiary/aromatic N) is 1. The number of fused-ring (bicyclic) bond motifs is 1. The molecule has 1 aromatic heterocycles. The van der Waals surface area contributed by atoms with Crippen LogP contribution in [0.15, 0.2) is 56.1 Å². The molecule has 1 fully saturated rings. The van der Waals surface area contributed by atoms with Crippen molar-refractivity contribution in [2.24, 2.45) is 0 Å². The zero-order valence-electron chi connectivity index (χ0n) is 14.4. The number of rotatable bonds is 3. The fourth-order valence-electron chi connectivity index (χ4n) is 3.20. The first kappa shape index (κ1) is 20.0. The molecule has 0 N–H and O–H groups in total. The van der Waals surface area contributed by atoms with Gasteiger partial charge in [0.05, 0.1) is 30.7 Å². The van der Waals surface area contributed by atoms with Crippen molar-refractivity contribution in [3.8, 4) is 11.1 Å². The van der Waals surface area contributed by atoms with E-state index in [1.165, 1.54) is 12.1 Å². The van der Waals surface area contributed by atoms with E-state index in [0.29, 0.717) is 47.6 Å². The molecule has 1 aliphatic rings. The first-order valence-electron chi connectivity index (χ1n) is 8.43. The Hall–Kier alpha value is -1.73. The molecule has 27 heavy (non-hydrogen) atoms. The lowest BCUT2D eigenvalue weighted by Gasteiger charge is -2.26. The standard InChI is InChI=1S/C20H17BrFNO3.ClH/c21-14-3-6-17-16(11-14)20(24)19(13-1-4-15(22)5-2-13)18(26-17)12-23-7-9-25-10-8-23;/h1-6,11H,7-10,12H2;1H. The van der Waals surface area contributed by atoms with Gasteiger partial charge in [-0.25, -0.2) is 4.39 Å². The lowest BCUT2D eigenvalue weighted by atomic mass is 10.0. The molecule has 0 spiro atoms. The van der Waals surface area contributed by atoms with E-state index in [4.69, 9.17) is 9.15 Å². The molecule has 0 unspecified atom stereocenters. The van der Waals surface area contributed by atoms with Crippen LogP contribution < -0.4 is 5.43 Å². The maximum atomic E-state index is 13.4. The highest BCUT2D eigenvalue weighted by molar-refractivity contribution is 9.10. The Kier molecular flexibility index (Phi) is 6.32. The van der Waals surface area contributed by atoms with Crippen LogP contribution in [0.4, 0.5) is 4.39 Å². The zero-order chi connectivity index (χ0) is 18.1. The molecule has 0 bridgehead atoms. The van der Waals surface area contributed by atoms with E-state index in [0.717, 1.165) is 17.6 Å². The topological polar surface area (TPSA) is 42.7 Å². The zero-order valence-corrected chi connectivity index (χ0v) is 16.8. The van der Waals surface area contributed by atoms with E-state index in [2.05, 4.69) is 20.8 Å². The second kappa shape index (κ2) is 8.52. The van der Waals surface area contributed by atoms with E-state index in [1.807, 2.05) is 6.07 Å². The highest BCUT2D eigenvalue weighted by atomic mass is 79.9. The summed E-state index contributed by atoms with van der Waals surface area (Å²) in [6, 6.07) is 11.4. The van der Waals surface area contributed by atoms with Gasteiger partial charge in [0.15, 0.2) is 0 Å². The first-order valence-corrected chi connectivity index (χ1v) is 9.22. The molecule has 3 aromatic rings. The van der Waals surface area contributed by atoms with Crippen LogP contribution >= 0.6 is 28.3 Å². The van der Waals surface area contributed by atoms with Gasteiger partial charge in [-0.3, -0.25) is 9.69 Å². The molecule has 2 heterocycles. The van der Waals surface area contributed by atoms with Gasteiger partial charge in [0.1, 0.15) is 17.2 Å². The van der Waals surface area contributed by atoms with Gasteiger partial charge in [-0.1, -0.05) is 28.1 Å². The predicted molar refractivity (Wildman–Crippen MR) is 109 cm³/mol. The molecule has 4 rings (SSSR count). The van der Waals surface area contributed by atoms with Crippen LogP contribution in [0.2, 0.25) is 0 Å². The van der Waals surface area contributed by atoms with Crippen molar-refractivity contribution in [3.05, 3.63) is 68.7 Å². The van der Waals surface area contributed by atoms with Crippen molar-refractivity contribution in [2.75, 3.05) is 26.3 Å². The normalized spacial score (nSPS) is 14.9. The highest BCUT2D eigenvalue weighted by Crippen LogP contribution is 2.27. The van der Waals surface area contributed by atoms with Crippen molar-refractivity contribution < 1.29 is 13.5 Å². The molecule has 0 saturated carbocycles. The number of morpholine rings is 1. The van der Waals surface area contributed by atoms with Crippen LogP contribution in [0, 0.1) is 5.82 Å². The third kappa shape index (κ3) is 4.24. The van der Waals surface area contributed by atoms with Gasteiger partial charge in [-0.05, 0) is 35.9 Å². The van der Waals surface area contributed by atoms with Crippen LogP contribution in [-0.2, 0) is 11.3 Å². The monoisotopic (exact) mass is 453 g/mol. The summed E-state index contributed by atoms with van der Waals surface area (Å²) in [5, 5.41) is 0.504. The Morgan fingerprint density at radius 3 is 2.48 bits per heavy atom. The number of halogens is 3. The Labute approximate surface area is 170 Å². The summed E-state index contributed by atoms with van der Waals surface area (Å²) >= 11 is 3.40. The molecular formula is C20H18BrClFNO3. The second-order valence-electron chi connectivity index (χ2n) is 6.27. The van der Waals surface area contributed by atoms with Crippen molar-refractivity contribution in [3.63, 3.8) is 0 Å². The Morgan fingerprint density at radius 1 is 1.07 bits per heavy atom. The third-order valence-corrected chi connectivity index (χ3v) is 5.02. The average Bonchev–Trinajstić information content (AvgIpc) is 2.65. The minimum Gasteiger partial charge on any atom is -0.459 e. The molecule has 4 nitrogen and oxygen atoms in total. The number of ether oxygens (including phenoxy) is 1. The summed E-state index contributed by atoms with van der Waals surface area (Å²) in [6.07, 6.45) is 0. The molecule has 0 atom stereocenters. The summed E-state index contributed by atoms with van der Waals surface area (Å²) in [7, 11) is 0. The fourth-order valence-corrected chi connectivity index (χ4v) is 3.56. The van der Waals surface area contributed by atoms with Crippen molar-refractivity contribution in [1.29, 1.82) is 0 Å². The van der Waals surface area contributed by atoms with Gasteiger partial charge in [0.2, 0.25) is 5.43 Å². The average molecular weight is 455 g/mol. The Balaban J connectivity index is 0.00000210. The van der Waals surface area contributed by atoms with Gasteiger partial charge in [-0.2, -0.15) is 0 Å². The highest BCUT2D eigenvalue weighted by Gasteiger charge is 2.20. The summed E-state index contributed by atoms with van der Waals surface area (Å²) in [6.45, 7) is 3.40. The predicted octanol–water partition coefficient (Wildman–Crippen LogP) is 4.62. The number of benzene rings is 2. The summed E-state index contributed by atoms with van der Waals surface area (Å²) < 4.78 is 25.7. The molecule has 7 heteroatoms. The van der Waals surface area contributed by atoms with Crippen molar-refractivity contribution in [1.82, 2.24) is 4.90 Å². The van der Waals surface area contributed by atoms with Crippen LogP contribution in [0.25, 0.3) is 22.1 Å². The van der Waals surface area contributed by atoms with Crippen LogP contribution in [-0.4, -0.2) is 31.2 Å². The molecule has 1 saturated heterocycles. The molecular weight excluding hydrogens is 437 g/mol. The van der Waals surface area contributed by atoms with Gasteiger partial charge in [0.25, 0.3) is 0 Å². The van der Waals surface area contributed by atoms with Crippen LogP contribution in [0.1, 0.15) is 5.76 Å². The fraction of sp³-hybridized carbons (Fsp3) is 0.250. The smallest absolute Gasteiger partial charge is 0.200 e. The van der Waals surface area contributed by atoms with Gasteiger partial charge >= 0.3 is 0 Å². The molecule has 2 aromatic carbocycles. The van der Waals surface area contributed by atoms with Gasteiger partial charge in [0, 0.05) is 17.6 Å². The van der Waals surface area contributed by atoms with E-state index >= 15 is 0 Å². The van der Waals surface area contributed by atoms with E-state index in [-0.39, 0.29) is 23.7 Å². The molecule has 0 aliphatic carbocycles. The Morgan fingerprint density at radius 2 is 1.78 bits per heavy atom. The molecule has 142 valence electrons. The lowest BCUT2D eigenvalue weighted by Crippen LogP contribution is -2.36. The van der Waals surface area contributed by atoms with E-state index in [1.54, 1.807) is 24.3 Å². The molecule has 0 radical (unpaired) electrons. The first-order chi connectivity index (χ1) is 12.6. The van der Waals surface area contributed by atoms with Crippen molar-refractivity contribution in [2.45, 2.75) is 6.54 Å². The van der Waals surface area contributed by atoms with Crippen molar-refractivity contribution >= 4 is 39.3 Å². The molecule has 0 amide bonds. The molecule has 1 aliphatic heterocycles. The number of hydrogen-bond acceptors (Lipinski definition) is 4. The summed E-state index contributed by atoms with van der Waals surface area (Å²) in [5.74, 6) is 0.259. The minimum atomic E-state index is -0.337. The largest absolute Gasteiger partial charge is 0.459 e. The quantitative estimate of drug-likeness (QED) is 0.579. The summed E-state index contributed by atoms with van der Waals surface area (Å²) in [4.78, 5) is 15.4. The SMILES string of the molecule is Cl.O=c1c(-c2ccc(F)cc2)c(CN2CCOCC2)oc2ccc(Br)cc12. The third-order valence-electron chi connectivity index (χ3n) is 4.53. The van der Waals surface area contributed by atoms with E-state index < -0.39 is 0 Å². The lowest BCUT2D eigenvalue weighted by molar-refractivity contribution is 0.0315. The maximum absolute atomic E-state index is 13.4. The number of hydrogen-bond donors (Lipinski definition) is 0. The van der Waals surface area contributed by atoms with Gasteiger partial charge < -0.3 is 9.15 Å². The van der Waals surface area contributed by atoms with Crippen LogP contribution in [0.5, 0.6) is 0 Å². The second-order valence-corrected chi connectivity index (χ2v) is 7.18. The summed E-state index contributed by atoms with van der Waals surface area (Å²) in [5.41, 5.74) is 1.59. The Bertz CT molecular complexity index is 1000. The van der Waals surface area contributed by atoms with E-state index in [9.17, 15) is 9.18 Å². The maximum Gasteiger partial charge on any atom is 0.200 e. The minimum absolute atomic E-state index is 0. The van der Waals surface area contributed by atoms with Gasteiger partial charge in [-0.15, -0.1) is 12.4 Å². The van der Waals surface area contributed by atoms with Crippen LogP contribution in [0.3, 0.4) is 0 Å².